The molecule has 1 aliphatic heterocycles. The van der Waals surface area contributed by atoms with E-state index in [0.29, 0.717) is 6.54 Å². The molecule has 5 heteroatoms. The van der Waals surface area contributed by atoms with Crippen molar-refractivity contribution in [3.63, 3.8) is 0 Å². The Morgan fingerprint density at radius 1 is 1.40 bits per heavy atom. The van der Waals surface area contributed by atoms with Crippen molar-refractivity contribution in [3.8, 4) is 5.75 Å². The second-order valence-corrected chi connectivity index (χ2v) is 5.23. The summed E-state index contributed by atoms with van der Waals surface area (Å²) in [6.45, 7) is 2.36. The molecule has 0 aromatic heterocycles. The molecule has 0 radical (unpaired) electrons. The van der Waals surface area contributed by atoms with Gasteiger partial charge in [-0.15, -0.1) is 0 Å². The average molecular weight is 279 g/mol. The second-order valence-electron chi connectivity index (χ2n) is 5.23. The first-order valence-electron chi connectivity index (χ1n) is 6.82. The number of ether oxygens (including phenoxy) is 1. The van der Waals surface area contributed by atoms with Crippen LogP contribution >= 0.6 is 0 Å². The van der Waals surface area contributed by atoms with Gasteiger partial charge in [0.15, 0.2) is 0 Å². The highest BCUT2D eigenvalue weighted by molar-refractivity contribution is 5.65. The van der Waals surface area contributed by atoms with E-state index in [1.807, 2.05) is 31.2 Å². The molecule has 2 rings (SSSR count). The van der Waals surface area contributed by atoms with E-state index in [1.165, 1.54) is 4.90 Å². The fourth-order valence-electron chi connectivity index (χ4n) is 3.08. The van der Waals surface area contributed by atoms with Crippen molar-refractivity contribution in [1.82, 2.24) is 4.90 Å². The molecule has 1 fully saturated rings. The molecule has 110 valence electrons. The van der Waals surface area contributed by atoms with Gasteiger partial charge < -0.3 is 19.8 Å². The minimum Gasteiger partial charge on any atom is -0.497 e. The standard InChI is InChI=1S/C15H21NO4/c1-10-14(9-17)13(7-8-16(10)15(18)19)11-3-5-12(20-2)6-4-11/h3-6,10,13-14,17H,7-9H2,1-2H3,(H,18,19). The first-order valence-corrected chi connectivity index (χ1v) is 6.82. The van der Waals surface area contributed by atoms with Crippen LogP contribution in [0.4, 0.5) is 4.79 Å². The first kappa shape index (κ1) is 14.7. The lowest BCUT2D eigenvalue weighted by Gasteiger charge is -2.42. The number of hydrogen-bond acceptors (Lipinski definition) is 3. The summed E-state index contributed by atoms with van der Waals surface area (Å²) in [6, 6.07) is 7.61. The van der Waals surface area contributed by atoms with Gasteiger partial charge in [-0.3, -0.25) is 0 Å². The van der Waals surface area contributed by atoms with E-state index < -0.39 is 6.09 Å². The molecule has 5 nitrogen and oxygen atoms in total. The molecule has 1 heterocycles. The third-order valence-corrected chi connectivity index (χ3v) is 4.31. The van der Waals surface area contributed by atoms with Crippen molar-refractivity contribution in [3.05, 3.63) is 29.8 Å². The summed E-state index contributed by atoms with van der Waals surface area (Å²) < 4.78 is 5.14. The van der Waals surface area contributed by atoms with Crippen molar-refractivity contribution >= 4 is 6.09 Å². The predicted molar refractivity (Wildman–Crippen MR) is 75.1 cm³/mol. The molecule has 1 aromatic carbocycles. The predicted octanol–water partition coefficient (Wildman–Crippen LogP) is 2.16. The van der Waals surface area contributed by atoms with Crippen molar-refractivity contribution in [1.29, 1.82) is 0 Å². The highest BCUT2D eigenvalue weighted by atomic mass is 16.5. The zero-order valence-corrected chi connectivity index (χ0v) is 11.8. The maximum Gasteiger partial charge on any atom is 0.407 e. The van der Waals surface area contributed by atoms with Crippen molar-refractivity contribution in [2.75, 3.05) is 20.3 Å². The number of aliphatic hydroxyl groups is 1. The molecular weight excluding hydrogens is 258 g/mol. The number of carbonyl (C=O) groups is 1. The van der Waals surface area contributed by atoms with Gasteiger partial charge in [0.2, 0.25) is 0 Å². The van der Waals surface area contributed by atoms with Crippen LogP contribution in [0.2, 0.25) is 0 Å². The molecular formula is C15H21NO4. The highest BCUT2D eigenvalue weighted by Gasteiger charge is 2.37. The normalized spacial score (nSPS) is 26.4. The Hall–Kier alpha value is -1.75. The van der Waals surface area contributed by atoms with Gasteiger partial charge in [0.25, 0.3) is 0 Å². The van der Waals surface area contributed by atoms with Crippen molar-refractivity contribution < 1.29 is 19.7 Å². The average Bonchev–Trinajstić information content (AvgIpc) is 2.46. The number of amides is 1. The molecule has 0 aliphatic carbocycles. The molecule has 20 heavy (non-hydrogen) atoms. The van der Waals surface area contributed by atoms with Gasteiger partial charge in [-0.2, -0.15) is 0 Å². The zero-order chi connectivity index (χ0) is 14.7. The molecule has 1 aliphatic rings. The molecule has 2 N–H and O–H groups in total. The Morgan fingerprint density at radius 2 is 2.05 bits per heavy atom. The summed E-state index contributed by atoms with van der Waals surface area (Å²) in [7, 11) is 1.62. The third kappa shape index (κ3) is 2.72. The molecule has 1 aromatic rings. The van der Waals surface area contributed by atoms with Crippen LogP contribution in [0.15, 0.2) is 24.3 Å². The monoisotopic (exact) mass is 279 g/mol. The number of carboxylic acid groups (broad SMARTS) is 1. The Kier molecular flexibility index (Phi) is 4.49. The maximum absolute atomic E-state index is 11.2. The molecule has 1 saturated heterocycles. The van der Waals surface area contributed by atoms with Gasteiger partial charge in [-0.05, 0) is 37.0 Å². The highest BCUT2D eigenvalue weighted by Crippen LogP contribution is 2.37. The summed E-state index contributed by atoms with van der Waals surface area (Å²) in [4.78, 5) is 12.6. The number of aliphatic hydroxyl groups excluding tert-OH is 1. The van der Waals surface area contributed by atoms with Crippen LogP contribution < -0.4 is 4.74 Å². The van der Waals surface area contributed by atoms with E-state index in [2.05, 4.69) is 0 Å². The lowest BCUT2D eigenvalue weighted by atomic mass is 9.77. The van der Waals surface area contributed by atoms with E-state index in [1.54, 1.807) is 7.11 Å². The Balaban J connectivity index is 2.20. The quantitative estimate of drug-likeness (QED) is 0.889. The number of piperidine rings is 1. The third-order valence-electron chi connectivity index (χ3n) is 4.31. The van der Waals surface area contributed by atoms with Crippen molar-refractivity contribution in [2.45, 2.75) is 25.3 Å². The molecule has 3 atom stereocenters. The lowest BCUT2D eigenvalue weighted by molar-refractivity contribution is 0.0494. The SMILES string of the molecule is COc1ccc(C2CCN(C(=O)O)C(C)C2CO)cc1. The van der Waals surface area contributed by atoms with Gasteiger partial charge in [-0.1, -0.05) is 12.1 Å². The number of benzene rings is 1. The number of nitrogens with zero attached hydrogens (tertiary/aromatic N) is 1. The van der Waals surface area contributed by atoms with Gasteiger partial charge in [-0.25, -0.2) is 4.79 Å². The van der Waals surface area contributed by atoms with Crippen LogP contribution in [0.5, 0.6) is 5.75 Å². The number of likely N-dealkylation sites (tertiary alicyclic amines) is 1. The van der Waals surface area contributed by atoms with E-state index in [0.717, 1.165) is 17.7 Å². The fourth-order valence-corrected chi connectivity index (χ4v) is 3.08. The Morgan fingerprint density at radius 3 is 2.55 bits per heavy atom. The fraction of sp³-hybridized carbons (Fsp3) is 0.533. The van der Waals surface area contributed by atoms with Crippen LogP contribution in [0.3, 0.4) is 0 Å². The minimum absolute atomic E-state index is 0.0123. The summed E-state index contributed by atoms with van der Waals surface area (Å²) in [6.07, 6.45) is -0.182. The topological polar surface area (TPSA) is 70.0 Å². The van der Waals surface area contributed by atoms with E-state index in [4.69, 9.17) is 4.74 Å². The van der Waals surface area contributed by atoms with Crippen molar-refractivity contribution in [2.24, 2.45) is 5.92 Å². The lowest BCUT2D eigenvalue weighted by Crippen LogP contribution is -2.50. The molecule has 1 amide bonds. The number of hydrogen-bond donors (Lipinski definition) is 2. The Bertz CT molecular complexity index is 459. The summed E-state index contributed by atoms with van der Waals surface area (Å²) in [5.74, 6) is 0.898. The molecule has 0 bridgehead atoms. The summed E-state index contributed by atoms with van der Waals surface area (Å²) >= 11 is 0. The van der Waals surface area contributed by atoms with Gasteiger partial charge >= 0.3 is 6.09 Å². The molecule has 0 spiro atoms. The largest absolute Gasteiger partial charge is 0.497 e. The van der Waals surface area contributed by atoms with Gasteiger partial charge in [0, 0.05) is 25.1 Å². The molecule has 3 unspecified atom stereocenters. The number of methoxy groups -OCH3 is 1. The zero-order valence-electron chi connectivity index (χ0n) is 11.8. The smallest absolute Gasteiger partial charge is 0.407 e. The first-order chi connectivity index (χ1) is 9.58. The Labute approximate surface area is 118 Å². The maximum atomic E-state index is 11.2. The number of rotatable bonds is 3. The van der Waals surface area contributed by atoms with Crippen LogP contribution in [0, 0.1) is 5.92 Å². The van der Waals surface area contributed by atoms with E-state index in [-0.39, 0.29) is 24.5 Å². The van der Waals surface area contributed by atoms with Crippen LogP contribution in [0.1, 0.15) is 24.8 Å². The van der Waals surface area contributed by atoms with E-state index >= 15 is 0 Å². The van der Waals surface area contributed by atoms with Gasteiger partial charge in [0.1, 0.15) is 5.75 Å². The van der Waals surface area contributed by atoms with E-state index in [9.17, 15) is 15.0 Å². The summed E-state index contributed by atoms with van der Waals surface area (Å²) in [5.41, 5.74) is 1.13. The van der Waals surface area contributed by atoms with Crippen LogP contribution in [-0.2, 0) is 0 Å². The second kappa shape index (κ2) is 6.13. The summed E-state index contributed by atoms with van der Waals surface area (Å²) in [5, 5.41) is 18.8. The molecule has 0 saturated carbocycles. The minimum atomic E-state index is -0.913. The van der Waals surface area contributed by atoms with Crippen LogP contribution in [0.25, 0.3) is 0 Å². The van der Waals surface area contributed by atoms with Gasteiger partial charge in [0.05, 0.1) is 7.11 Å². The van der Waals surface area contributed by atoms with Crippen LogP contribution in [-0.4, -0.2) is 47.5 Å².